The van der Waals surface area contributed by atoms with Gasteiger partial charge < -0.3 is 5.32 Å². The number of allylic oxidation sites excluding steroid dienone is 2. The van der Waals surface area contributed by atoms with Gasteiger partial charge in [0.2, 0.25) is 0 Å². The Kier molecular flexibility index (Phi) is 6.31. The quantitative estimate of drug-likeness (QED) is 0.558. The molecule has 3 nitrogen and oxygen atoms in total. The highest BCUT2D eigenvalue weighted by atomic mass is 35.5. The molecule has 4 heteroatoms. The summed E-state index contributed by atoms with van der Waals surface area (Å²) in [5.41, 5.74) is 5.19. The highest BCUT2D eigenvalue weighted by Gasteiger charge is 2.09. The number of hydrogen-bond donors (Lipinski definition) is 1. The van der Waals surface area contributed by atoms with E-state index in [1.54, 1.807) is 24.4 Å². The van der Waals surface area contributed by atoms with Crippen LogP contribution in [0.4, 0.5) is 5.69 Å². The lowest BCUT2D eigenvalue weighted by Crippen LogP contribution is -2.16. The topological polar surface area (TPSA) is 41.5 Å². The van der Waals surface area contributed by atoms with Gasteiger partial charge in [-0.2, -0.15) is 0 Å². The third-order valence-electron chi connectivity index (χ3n) is 3.78. The van der Waals surface area contributed by atoms with Gasteiger partial charge in [-0.15, -0.1) is 0 Å². The number of aliphatic imine (C=N–C) groups is 1. The van der Waals surface area contributed by atoms with Crippen molar-refractivity contribution in [1.82, 2.24) is 5.32 Å². The van der Waals surface area contributed by atoms with E-state index in [1.807, 2.05) is 51.1 Å². The van der Waals surface area contributed by atoms with Crippen LogP contribution in [0.2, 0.25) is 5.02 Å². The molecular weight excluding hydrogens is 332 g/mol. The van der Waals surface area contributed by atoms with Gasteiger partial charge in [0.15, 0.2) is 0 Å². The van der Waals surface area contributed by atoms with E-state index in [-0.39, 0.29) is 5.91 Å². The second-order valence-electron chi connectivity index (χ2n) is 5.70. The van der Waals surface area contributed by atoms with Crippen LogP contribution < -0.4 is 5.32 Å². The first-order valence-electron chi connectivity index (χ1n) is 7.94. The lowest BCUT2D eigenvalue weighted by atomic mass is 10.0. The fraction of sp³-hybridized carbons (Fsp3) is 0.143. The summed E-state index contributed by atoms with van der Waals surface area (Å²) < 4.78 is 0. The second-order valence-corrected chi connectivity index (χ2v) is 6.11. The molecule has 0 aliphatic heterocycles. The third kappa shape index (κ3) is 4.68. The first-order chi connectivity index (χ1) is 11.9. The standard InChI is InChI=1S/C21H21ClN2O/c1-5-6-12-23-21(25)17-10-11-19(15(3)13-17)24-16(4)20-14(2)8-7-9-18(20)22/h5-13H,1H2,2-4H3,(H,23,25)/b12-6+,24-16?. The van der Waals surface area contributed by atoms with E-state index < -0.39 is 0 Å². The van der Waals surface area contributed by atoms with Crippen LogP contribution in [0.5, 0.6) is 0 Å². The molecule has 2 aromatic carbocycles. The molecule has 0 heterocycles. The van der Waals surface area contributed by atoms with Crippen LogP contribution in [-0.2, 0) is 0 Å². The SMILES string of the molecule is C=C/C=C/NC(=O)c1ccc(N=C(C)c2c(C)cccc2Cl)c(C)c1. The Balaban J connectivity index is 2.30. The average molecular weight is 353 g/mol. The van der Waals surface area contributed by atoms with Crippen LogP contribution in [0.15, 0.2) is 66.3 Å². The molecule has 0 unspecified atom stereocenters. The van der Waals surface area contributed by atoms with Gasteiger partial charge in [0.25, 0.3) is 5.91 Å². The van der Waals surface area contributed by atoms with Crippen LogP contribution in [0.1, 0.15) is 34.0 Å². The Morgan fingerprint density at radius 2 is 1.96 bits per heavy atom. The summed E-state index contributed by atoms with van der Waals surface area (Å²) in [4.78, 5) is 16.8. The zero-order valence-corrected chi connectivity index (χ0v) is 15.4. The molecule has 0 aromatic heterocycles. The van der Waals surface area contributed by atoms with Crippen molar-refractivity contribution in [3.63, 3.8) is 0 Å². The minimum atomic E-state index is -0.171. The van der Waals surface area contributed by atoms with Crippen molar-refractivity contribution in [1.29, 1.82) is 0 Å². The Labute approximate surface area is 153 Å². The lowest BCUT2D eigenvalue weighted by molar-refractivity contribution is 0.0970. The average Bonchev–Trinajstić information content (AvgIpc) is 2.56. The molecule has 0 saturated carbocycles. The highest BCUT2D eigenvalue weighted by molar-refractivity contribution is 6.34. The number of benzene rings is 2. The summed E-state index contributed by atoms with van der Waals surface area (Å²) in [7, 11) is 0. The predicted molar refractivity (Wildman–Crippen MR) is 106 cm³/mol. The number of halogens is 1. The molecule has 0 radical (unpaired) electrons. The molecule has 0 atom stereocenters. The van der Waals surface area contributed by atoms with Gasteiger partial charge in [0.1, 0.15) is 0 Å². The summed E-state index contributed by atoms with van der Waals surface area (Å²) in [6.45, 7) is 9.44. The zero-order valence-electron chi connectivity index (χ0n) is 14.6. The normalized spacial score (nSPS) is 11.6. The van der Waals surface area contributed by atoms with Gasteiger partial charge in [-0.3, -0.25) is 9.79 Å². The fourth-order valence-electron chi connectivity index (χ4n) is 2.52. The van der Waals surface area contributed by atoms with Crippen LogP contribution in [-0.4, -0.2) is 11.6 Å². The van der Waals surface area contributed by atoms with E-state index in [0.29, 0.717) is 10.6 Å². The van der Waals surface area contributed by atoms with E-state index in [4.69, 9.17) is 16.6 Å². The molecule has 1 N–H and O–H groups in total. The maximum atomic E-state index is 12.1. The third-order valence-corrected chi connectivity index (χ3v) is 4.09. The van der Waals surface area contributed by atoms with E-state index >= 15 is 0 Å². The highest BCUT2D eigenvalue weighted by Crippen LogP contribution is 2.25. The zero-order chi connectivity index (χ0) is 18.4. The van der Waals surface area contributed by atoms with Gasteiger partial charge in [-0.1, -0.05) is 36.4 Å². The molecule has 0 aliphatic rings. The van der Waals surface area contributed by atoms with E-state index in [0.717, 1.165) is 28.1 Å². The minimum Gasteiger partial charge on any atom is -0.329 e. The van der Waals surface area contributed by atoms with Gasteiger partial charge in [0.05, 0.1) is 5.69 Å². The van der Waals surface area contributed by atoms with Crippen molar-refractivity contribution >= 4 is 28.9 Å². The number of carbonyl (C=O) groups is 1. The number of nitrogens with zero attached hydrogens (tertiary/aromatic N) is 1. The minimum absolute atomic E-state index is 0.171. The Morgan fingerprint density at radius 1 is 1.20 bits per heavy atom. The molecule has 128 valence electrons. The molecule has 2 rings (SSSR count). The van der Waals surface area contributed by atoms with Crippen molar-refractivity contribution in [3.8, 4) is 0 Å². The van der Waals surface area contributed by atoms with E-state index in [9.17, 15) is 4.79 Å². The summed E-state index contributed by atoms with van der Waals surface area (Å²) in [5, 5.41) is 3.37. The largest absolute Gasteiger partial charge is 0.329 e. The monoisotopic (exact) mass is 352 g/mol. The number of amides is 1. The molecule has 0 saturated heterocycles. The van der Waals surface area contributed by atoms with E-state index in [1.165, 1.54) is 0 Å². The first-order valence-corrected chi connectivity index (χ1v) is 8.31. The summed E-state index contributed by atoms with van der Waals surface area (Å²) in [5.74, 6) is -0.171. The van der Waals surface area contributed by atoms with Gasteiger partial charge in [0, 0.05) is 28.1 Å². The number of aryl methyl sites for hydroxylation is 2. The van der Waals surface area contributed by atoms with Gasteiger partial charge in [-0.05, 0) is 62.2 Å². The summed E-state index contributed by atoms with van der Waals surface area (Å²) in [6, 6.07) is 11.2. The maximum Gasteiger partial charge on any atom is 0.255 e. The van der Waals surface area contributed by atoms with Crippen LogP contribution >= 0.6 is 11.6 Å². The molecule has 0 spiro atoms. The Morgan fingerprint density at radius 3 is 2.60 bits per heavy atom. The number of rotatable bonds is 5. The Bertz CT molecular complexity index is 846. The van der Waals surface area contributed by atoms with Crippen molar-refractivity contribution in [3.05, 3.63) is 88.6 Å². The van der Waals surface area contributed by atoms with Gasteiger partial charge in [-0.25, -0.2) is 0 Å². The summed E-state index contributed by atoms with van der Waals surface area (Å²) >= 11 is 6.31. The van der Waals surface area contributed by atoms with Crippen molar-refractivity contribution in [2.75, 3.05) is 0 Å². The molecular formula is C21H21ClN2O. The lowest BCUT2D eigenvalue weighted by Gasteiger charge is -2.10. The number of carbonyl (C=O) groups excluding carboxylic acids is 1. The Hall–Kier alpha value is -2.65. The molecule has 2 aromatic rings. The summed E-state index contributed by atoms with van der Waals surface area (Å²) in [6.07, 6.45) is 4.82. The predicted octanol–water partition coefficient (Wildman–Crippen LogP) is 5.53. The maximum absolute atomic E-state index is 12.1. The van der Waals surface area contributed by atoms with Crippen molar-refractivity contribution < 1.29 is 4.79 Å². The van der Waals surface area contributed by atoms with Crippen LogP contribution in [0.3, 0.4) is 0 Å². The molecule has 25 heavy (non-hydrogen) atoms. The molecule has 1 amide bonds. The molecule has 0 aliphatic carbocycles. The van der Waals surface area contributed by atoms with Crippen molar-refractivity contribution in [2.45, 2.75) is 20.8 Å². The molecule has 0 fully saturated rings. The first kappa shape index (κ1) is 18.7. The van der Waals surface area contributed by atoms with Gasteiger partial charge >= 0.3 is 0 Å². The number of nitrogens with one attached hydrogen (secondary N) is 1. The smallest absolute Gasteiger partial charge is 0.255 e. The number of hydrogen-bond acceptors (Lipinski definition) is 2. The second kappa shape index (κ2) is 8.45. The fourth-order valence-corrected chi connectivity index (χ4v) is 2.88. The molecule has 0 bridgehead atoms. The van der Waals surface area contributed by atoms with E-state index in [2.05, 4.69) is 11.9 Å². The van der Waals surface area contributed by atoms with Crippen LogP contribution in [0, 0.1) is 13.8 Å². The van der Waals surface area contributed by atoms with Crippen molar-refractivity contribution in [2.24, 2.45) is 4.99 Å². The van der Waals surface area contributed by atoms with Crippen LogP contribution in [0.25, 0.3) is 0 Å².